The first-order valence-corrected chi connectivity index (χ1v) is 13.1. The predicted octanol–water partition coefficient (Wildman–Crippen LogP) is 2.75. The molecule has 236 valence electrons. The van der Waals surface area contributed by atoms with Crippen molar-refractivity contribution in [2.24, 2.45) is 10.2 Å². The van der Waals surface area contributed by atoms with Crippen molar-refractivity contribution < 1.29 is 57.2 Å². The molecule has 0 saturated carbocycles. The molecule has 0 radical (unpaired) electrons. The fraction of sp³-hybridized carbons (Fsp3) is 0.462. The van der Waals surface area contributed by atoms with Crippen LogP contribution in [0.1, 0.15) is 41.5 Å². The molecule has 0 bridgehead atoms. The summed E-state index contributed by atoms with van der Waals surface area (Å²) in [4.78, 5) is 72.6. The SMILES string of the molecule is CCOC(=O)N/N=C(\C=N\N(C(=O)OCC)c1ccc(Cl)cc1)[C@@H](OC(C)=O)[C@H](OC(C)=O)[C@@H](COC(C)=O)OC(C)=O. The Kier molecular flexibility index (Phi) is 15.7. The minimum absolute atomic E-state index is 0.0192. The van der Waals surface area contributed by atoms with Crippen molar-refractivity contribution >= 4 is 65.3 Å². The molecule has 0 fully saturated rings. The Morgan fingerprint density at radius 1 is 0.837 bits per heavy atom. The zero-order valence-electron chi connectivity index (χ0n) is 24.4. The lowest BCUT2D eigenvalue weighted by atomic mass is 10.0. The van der Waals surface area contributed by atoms with Crippen LogP contribution in [0, 0.1) is 0 Å². The van der Waals surface area contributed by atoms with Crippen LogP contribution in [0.4, 0.5) is 15.3 Å². The van der Waals surface area contributed by atoms with E-state index in [-0.39, 0.29) is 18.9 Å². The van der Waals surface area contributed by atoms with Gasteiger partial charge in [0, 0.05) is 32.7 Å². The second-order valence-electron chi connectivity index (χ2n) is 8.16. The van der Waals surface area contributed by atoms with Gasteiger partial charge in [-0.25, -0.2) is 15.0 Å². The Morgan fingerprint density at radius 3 is 1.93 bits per heavy atom. The Balaban J connectivity index is 3.83. The van der Waals surface area contributed by atoms with Crippen LogP contribution < -0.4 is 10.4 Å². The van der Waals surface area contributed by atoms with Gasteiger partial charge in [-0.15, -0.1) is 0 Å². The molecule has 1 N–H and O–H groups in total. The van der Waals surface area contributed by atoms with Crippen molar-refractivity contribution in [2.45, 2.75) is 59.9 Å². The molecule has 17 heteroatoms. The van der Waals surface area contributed by atoms with Crippen LogP contribution in [0.5, 0.6) is 0 Å². The monoisotopic (exact) mass is 628 g/mol. The summed E-state index contributed by atoms with van der Waals surface area (Å²) in [6.07, 6.45) is -6.12. The smallest absolute Gasteiger partial charge is 0.435 e. The fourth-order valence-electron chi connectivity index (χ4n) is 3.15. The number of nitrogens with zero attached hydrogens (tertiary/aromatic N) is 3. The van der Waals surface area contributed by atoms with Crippen molar-refractivity contribution in [1.29, 1.82) is 0 Å². The number of hydrazone groups is 2. The summed E-state index contributed by atoms with van der Waals surface area (Å²) in [5, 5.41) is 9.15. The Hall–Kier alpha value is -4.73. The highest BCUT2D eigenvalue weighted by molar-refractivity contribution is 6.33. The number of rotatable bonds is 14. The van der Waals surface area contributed by atoms with E-state index in [4.69, 9.17) is 40.0 Å². The summed E-state index contributed by atoms with van der Waals surface area (Å²) in [5.41, 5.74) is 1.80. The highest BCUT2D eigenvalue weighted by Crippen LogP contribution is 2.20. The number of benzene rings is 1. The molecule has 1 aromatic carbocycles. The Bertz CT molecular complexity index is 1210. The summed E-state index contributed by atoms with van der Waals surface area (Å²) >= 11 is 5.96. The second kappa shape index (κ2) is 18.7. The normalized spacial score (nSPS) is 13.1. The third-order valence-electron chi connectivity index (χ3n) is 4.69. The highest BCUT2D eigenvalue weighted by Gasteiger charge is 2.41. The topological polar surface area (TPSA) is 198 Å². The molecule has 16 nitrogen and oxygen atoms in total. The predicted molar refractivity (Wildman–Crippen MR) is 150 cm³/mol. The average Bonchev–Trinajstić information content (AvgIpc) is 2.91. The number of carbonyl (C=O) groups excluding carboxylic acids is 6. The van der Waals surface area contributed by atoms with Gasteiger partial charge in [0.2, 0.25) is 0 Å². The average molecular weight is 629 g/mol. The first-order chi connectivity index (χ1) is 20.3. The molecule has 0 aliphatic heterocycles. The molecule has 2 amide bonds. The van der Waals surface area contributed by atoms with E-state index in [2.05, 4.69) is 15.6 Å². The van der Waals surface area contributed by atoms with Crippen LogP contribution in [-0.2, 0) is 47.6 Å². The maximum atomic E-state index is 12.8. The summed E-state index contributed by atoms with van der Waals surface area (Å²) < 4.78 is 30.8. The standard InChI is InChI=1S/C26H33ClN4O12/c1-7-38-25(36)30-29-21(13-28-31(26(37)39-8-2)20-11-9-19(27)10-12-20)23(42-17(5)34)24(43-18(6)35)22(41-16(4)33)14-40-15(3)32/h9-13,22-24H,7-8,14H2,1-6H3,(H,30,36)/b28-13+,29-21+/t22-,23-,24-/m1/s1. The number of carbonyl (C=O) groups is 6. The van der Waals surface area contributed by atoms with E-state index in [1.54, 1.807) is 6.92 Å². The van der Waals surface area contributed by atoms with Gasteiger partial charge >= 0.3 is 36.1 Å². The quantitative estimate of drug-likeness (QED) is 0.137. The molecule has 3 atom stereocenters. The van der Waals surface area contributed by atoms with Gasteiger partial charge in [0.05, 0.1) is 25.1 Å². The van der Waals surface area contributed by atoms with Gasteiger partial charge in [0.15, 0.2) is 18.3 Å². The molecule has 0 heterocycles. The molecule has 1 rings (SSSR count). The zero-order chi connectivity index (χ0) is 32.5. The second-order valence-corrected chi connectivity index (χ2v) is 8.59. The Morgan fingerprint density at radius 2 is 1.42 bits per heavy atom. The van der Waals surface area contributed by atoms with Crippen LogP contribution in [0.2, 0.25) is 5.02 Å². The molecule has 0 spiro atoms. The van der Waals surface area contributed by atoms with E-state index in [0.717, 1.165) is 38.9 Å². The molecule has 0 saturated heterocycles. The van der Waals surface area contributed by atoms with Crippen molar-refractivity contribution in [3.8, 4) is 0 Å². The van der Waals surface area contributed by atoms with Crippen molar-refractivity contribution in [3.63, 3.8) is 0 Å². The van der Waals surface area contributed by atoms with Crippen LogP contribution in [0.3, 0.4) is 0 Å². The third kappa shape index (κ3) is 13.7. The molecular weight excluding hydrogens is 596 g/mol. The van der Waals surface area contributed by atoms with E-state index in [9.17, 15) is 28.8 Å². The minimum atomic E-state index is -1.78. The van der Waals surface area contributed by atoms with E-state index >= 15 is 0 Å². The fourth-order valence-corrected chi connectivity index (χ4v) is 3.28. The first kappa shape index (κ1) is 36.3. The Labute approximate surface area is 252 Å². The maximum absolute atomic E-state index is 12.8. The molecule has 43 heavy (non-hydrogen) atoms. The summed E-state index contributed by atoms with van der Waals surface area (Å²) in [6, 6.07) is 5.86. The number of halogens is 1. The van der Waals surface area contributed by atoms with E-state index in [1.165, 1.54) is 31.2 Å². The van der Waals surface area contributed by atoms with Gasteiger partial charge in [-0.05, 0) is 38.1 Å². The van der Waals surface area contributed by atoms with Gasteiger partial charge in [0.25, 0.3) is 0 Å². The van der Waals surface area contributed by atoms with Gasteiger partial charge in [0.1, 0.15) is 12.3 Å². The maximum Gasteiger partial charge on any atom is 0.435 e. The number of hydrogen-bond donors (Lipinski definition) is 1. The molecule has 0 aromatic heterocycles. The van der Waals surface area contributed by atoms with Gasteiger partial charge < -0.3 is 28.4 Å². The lowest BCUT2D eigenvalue weighted by molar-refractivity contribution is -0.183. The van der Waals surface area contributed by atoms with Gasteiger partial charge in [-0.1, -0.05) is 11.6 Å². The van der Waals surface area contributed by atoms with Crippen molar-refractivity contribution in [2.75, 3.05) is 24.8 Å². The van der Waals surface area contributed by atoms with Crippen LogP contribution in [0.15, 0.2) is 34.5 Å². The lowest BCUT2D eigenvalue weighted by Gasteiger charge is -2.31. The molecular formula is C26H33ClN4O12. The minimum Gasteiger partial charge on any atom is -0.462 e. The molecule has 1 aromatic rings. The first-order valence-electron chi connectivity index (χ1n) is 12.7. The van der Waals surface area contributed by atoms with Crippen molar-refractivity contribution in [1.82, 2.24) is 5.43 Å². The largest absolute Gasteiger partial charge is 0.462 e. The number of hydrogen-bond acceptors (Lipinski definition) is 14. The molecule has 0 unspecified atom stereocenters. The van der Waals surface area contributed by atoms with E-state index < -0.39 is 66.7 Å². The number of anilines is 1. The van der Waals surface area contributed by atoms with Gasteiger partial charge in [-0.2, -0.15) is 15.2 Å². The highest BCUT2D eigenvalue weighted by atomic mass is 35.5. The summed E-state index contributed by atoms with van der Waals surface area (Å²) in [5.74, 6) is -3.50. The third-order valence-corrected chi connectivity index (χ3v) is 4.94. The lowest BCUT2D eigenvalue weighted by Crippen LogP contribution is -2.51. The van der Waals surface area contributed by atoms with Gasteiger partial charge in [-0.3, -0.25) is 19.2 Å². The number of ether oxygens (including phenoxy) is 6. The number of nitrogens with one attached hydrogen (secondary N) is 1. The van der Waals surface area contributed by atoms with E-state index in [0.29, 0.717) is 5.02 Å². The zero-order valence-corrected chi connectivity index (χ0v) is 25.1. The van der Waals surface area contributed by atoms with E-state index in [1.807, 2.05) is 0 Å². The summed E-state index contributed by atoms with van der Waals surface area (Å²) in [7, 11) is 0. The number of esters is 4. The molecule has 0 aliphatic carbocycles. The van der Waals surface area contributed by atoms with Crippen LogP contribution >= 0.6 is 11.6 Å². The van der Waals surface area contributed by atoms with Crippen LogP contribution in [0.25, 0.3) is 0 Å². The molecule has 0 aliphatic rings. The number of amides is 2. The van der Waals surface area contributed by atoms with Crippen molar-refractivity contribution in [3.05, 3.63) is 29.3 Å². The van der Waals surface area contributed by atoms with Crippen LogP contribution in [-0.4, -0.2) is 86.1 Å². The summed E-state index contributed by atoms with van der Waals surface area (Å²) in [6.45, 7) is 6.55.